The zero-order chi connectivity index (χ0) is 33.9. The van der Waals surface area contributed by atoms with Gasteiger partial charge in [-0.2, -0.15) is 4.99 Å². The number of benzene rings is 2. The highest BCUT2D eigenvalue weighted by molar-refractivity contribution is 7.14. The van der Waals surface area contributed by atoms with E-state index in [1.165, 1.54) is 30.1 Å². The first-order valence-electron chi connectivity index (χ1n) is 15.0. The fourth-order valence-corrected chi connectivity index (χ4v) is 6.26. The number of aliphatic carboxylic acids is 1. The second-order valence-corrected chi connectivity index (χ2v) is 12.0. The van der Waals surface area contributed by atoms with Gasteiger partial charge >= 0.3 is 18.0 Å². The molecule has 3 amide bonds. The number of nitrogens with one attached hydrogen (secondary N) is 2. The lowest BCUT2D eigenvalue weighted by molar-refractivity contribution is -0.161. The maximum absolute atomic E-state index is 14.2. The molecule has 14 heteroatoms. The largest absolute Gasteiger partial charge is 0.480 e. The minimum absolute atomic E-state index is 0.105. The second-order valence-electron chi connectivity index (χ2n) is 10.8. The zero-order valence-electron chi connectivity index (χ0n) is 26.0. The number of hydrogen-bond donors (Lipinski definition) is 4. The summed E-state index contributed by atoms with van der Waals surface area (Å²) in [5, 5.41) is 15.3. The zero-order valence-corrected chi connectivity index (χ0v) is 26.8. The third kappa shape index (κ3) is 9.70. The Morgan fingerprint density at radius 3 is 2.23 bits per heavy atom. The van der Waals surface area contributed by atoms with Crippen LogP contribution in [0.15, 0.2) is 77.8 Å². The highest BCUT2D eigenvalue weighted by Crippen LogP contribution is 2.31. The summed E-state index contributed by atoms with van der Waals surface area (Å²) in [6.45, 7) is 2.60. The van der Waals surface area contributed by atoms with Crippen molar-refractivity contribution in [2.45, 2.75) is 57.5 Å². The van der Waals surface area contributed by atoms with Gasteiger partial charge in [0.15, 0.2) is 0 Å². The average Bonchev–Trinajstić information content (AvgIpc) is 3.72. The molecule has 1 aromatic heterocycles. The van der Waals surface area contributed by atoms with Gasteiger partial charge in [0.1, 0.15) is 11.9 Å². The average molecular weight is 664 g/mol. The molecule has 0 aliphatic carbocycles. The molecule has 1 unspecified atom stereocenters. The van der Waals surface area contributed by atoms with Crippen LogP contribution in [0.25, 0.3) is 0 Å². The molecule has 3 aromatic rings. The fraction of sp³-hybridized carbons (Fsp3) is 0.333. The third-order valence-corrected chi connectivity index (χ3v) is 8.50. The molecule has 1 saturated heterocycles. The van der Waals surface area contributed by atoms with Crippen molar-refractivity contribution < 1.29 is 38.6 Å². The Bertz CT molecular complexity index is 1560. The van der Waals surface area contributed by atoms with Crippen LogP contribution in [0.4, 0.5) is 4.79 Å². The van der Waals surface area contributed by atoms with Gasteiger partial charge in [-0.25, -0.2) is 4.79 Å². The molecule has 3 atom stereocenters. The molecule has 0 spiro atoms. The molecular formula is C33H37N5O8S. The lowest BCUT2D eigenvalue weighted by atomic mass is 9.84. The molecule has 248 valence electrons. The molecule has 0 saturated carbocycles. The number of esters is 1. The van der Waals surface area contributed by atoms with Gasteiger partial charge in [-0.15, -0.1) is 11.3 Å². The van der Waals surface area contributed by atoms with Gasteiger partial charge in [0, 0.05) is 31.2 Å². The van der Waals surface area contributed by atoms with E-state index in [0.29, 0.717) is 24.3 Å². The number of nitrogens with two attached hydrogens (primary N) is 1. The number of rotatable bonds is 13. The van der Waals surface area contributed by atoms with Crippen LogP contribution in [-0.2, 0) is 35.2 Å². The second kappa shape index (κ2) is 16.5. The van der Waals surface area contributed by atoms with Crippen molar-refractivity contribution in [2.75, 3.05) is 13.1 Å². The Morgan fingerprint density at radius 1 is 1.00 bits per heavy atom. The van der Waals surface area contributed by atoms with Crippen molar-refractivity contribution in [3.05, 3.63) is 93.7 Å². The molecule has 0 radical (unpaired) electrons. The third-order valence-electron chi connectivity index (χ3n) is 7.39. The quantitative estimate of drug-likeness (QED) is 0.0916. The Balaban J connectivity index is 1.46. The van der Waals surface area contributed by atoms with E-state index in [1.54, 1.807) is 12.1 Å². The van der Waals surface area contributed by atoms with Crippen LogP contribution >= 0.6 is 11.3 Å². The topological polar surface area (TPSA) is 190 Å². The van der Waals surface area contributed by atoms with Crippen molar-refractivity contribution in [1.29, 1.82) is 0 Å². The number of hydrogen-bond acceptors (Lipinski definition) is 9. The molecule has 1 aliphatic heterocycles. The van der Waals surface area contributed by atoms with E-state index in [4.69, 9.17) is 15.2 Å². The van der Waals surface area contributed by atoms with Crippen molar-refractivity contribution in [1.82, 2.24) is 15.5 Å². The number of carbonyl (C=O) groups excluding carboxylic acids is 4. The van der Waals surface area contributed by atoms with Crippen molar-refractivity contribution >= 4 is 47.0 Å². The number of nitrogens with zero attached hydrogens (tertiary/aromatic N) is 2. The number of aliphatic imine (C=N–C) groups is 1. The Labute approximate surface area is 275 Å². The molecule has 5 N–H and O–H groups in total. The lowest BCUT2D eigenvalue weighted by Crippen LogP contribution is -2.55. The molecular weight excluding hydrogens is 626 g/mol. The number of ether oxygens (including phenoxy) is 2. The summed E-state index contributed by atoms with van der Waals surface area (Å²) in [5.74, 6) is -3.04. The normalized spacial score (nSPS) is 15.9. The van der Waals surface area contributed by atoms with Gasteiger partial charge in [0.2, 0.25) is 18.1 Å². The van der Waals surface area contributed by atoms with Crippen molar-refractivity contribution in [3.63, 3.8) is 0 Å². The summed E-state index contributed by atoms with van der Waals surface area (Å²) in [7, 11) is 0. The maximum Gasteiger partial charge on any atom is 0.438 e. The Morgan fingerprint density at radius 2 is 1.64 bits per heavy atom. The van der Waals surface area contributed by atoms with E-state index < -0.39 is 48.9 Å². The summed E-state index contributed by atoms with van der Waals surface area (Å²) in [4.78, 5) is 68.6. The number of carbonyl (C=O) groups is 5. The molecule has 1 fully saturated rings. The van der Waals surface area contributed by atoms with Gasteiger partial charge in [0.25, 0.3) is 0 Å². The van der Waals surface area contributed by atoms with Crippen LogP contribution in [0.2, 0.25) is 0 Å². The van der Waals surface area contributed by atoms with E-state index >= 15 is 0 Å². The number of thiophene rings is 1. The highest BCUT2D eigenvalue weighted by atomic mass is 32.1. The van der Waals surface area contributed by atoms with Crippen LogP contribution < -0.4 is 16.4 Å². The van der Waals surface area contributed by atoms with E-state index in [9.17, 15) is 29.1 Å². The van der Waals surface area contributed by atoms with Crippen LogP contribution in [-0.4, -0.2) is 77.2 Å². The maximum atomic E-state index is 14.2. The van der Waals surface area contributed by atoms with Crippen LogP contribution in [0.3, 0.4) is 0 Å². The Hall–Kier alpha value is -5.08. The van der Waals surface area contributed by atoms with Crippen molar-refractivity contribution in [2.24, 2.45) is 10.7 Å². The molecule has 13 nitrogen and oxygen atoms in total. The molecule has 2 aromatic carbocycles. The van der Waals surface area contributed by atoms with E-state index in [2.05, 4.69) is 15.6 Å². The van der Waals surface area contributed by atoms with E-state index in [-0.39, 0.29) is 24.2 Å². The van der Waals surface area contributed by atoms with Gasteiger partial charge in [-0.1, -0.05) is 60.7 Å². The smallest absolute Gasteiger partial charge is 0.438 e. The molecule has 47 heavy (non-hydrogen) atoms. The number of carboxylic acid groups (broad SMARTS) is 1. The standard InChI is InChI=1S/C33H37N5O8S/c1-20(39)45-21(2)46-33(44)37-30(34)26-16-15-24(47-26)18-36-31(42)25-14-9-17-38(25)32(43)29(35-19-27(40)41)28(22-10-5-3-6-11-22)23-12-7-4-8-13-23/h3-8,10-13,15-16,21,25,28-29,35H,9,14,17-19H2,1-2H3,(H,36,42)(H,40,41)(H2,34,37,44)/t21?,25-,29+/m0/s1. The first-order valence-corrected chi connectivity index (χ1v) is 15.8. The van der Waals surface area contributed by atoms with E-state index in [0.717, 1.165) is 16.0 Å². The van der Waals surface area contributed by atoms with Gasteiger partial charge < -0.3 is 30.5 Å². The monoisotopic (exact) mass is 663 g/mol. The summed E-state index contributed by atoms with van der Waals surface area (Å²) in [6.07, 6.45) is -1.09. The highest BCUT2D eigenvalue weighted by Gasteiger charge is 2.40. The Kier molecular flexibility index (Phi) is 12.2. The van der Waals surface area contributed by atoms with Gasteiger partial charge in [-0.3, -0.25) is 24.5 Å². The predicted octanol–water partition coefficient (Wildman–Crippen LogP) is 2.98. The van der Waals surface area contributed by atoms with Crippen molar-refractivity contribution in [3.8, 4) is 0 Å². The van der Waals surface area contributed by atoms with Crippen LogP contribution in [0.5, 0.6) is 0 Å². The first-order chi connectivity index (χ1) is 22.5. The first kappa shape index (κ1) is 34.8. The molecule has 4 rings (SSSR count). The fourth-order valence-electron chi connectivity index (χ4n) is 5.41. The number of amidine groups is 1. The minimum Gasteiger partial charge on any atom is -0.480 e. The molecule has 1 aliphatic rings. The van der Waals surface area contributed by atoms with Gasteiger partial charge in [-0.05, 0) is 36.1 Å². The molecule has 0 bridgehead atoms. The summed E-state index contributed by atoms with van der Waals surface area (Å²) in [6, 6.07) is 20.5. The number of carboxylic acids is 1. The van der Waals surface area contributed by atoms with E-state index in [1.807, 2.05) is 60.7 Å². The van der Waals surface area contributed by atoms with Crippen LogP contribution in [0, 0.1) is 0 Å². The van der Waals surface area contributed by atoms with Crippen LogP contribution in [0.1, 0.15) is 53.5 Å². The number of likely N-dealkylation sites (tertiary alicyclic amines) is 1. The lowest BCUT2D eigenvalue weighted by Gasteiger charge is -2.33. The summed E-state index contributed by atoms with van der Waals surface area (Å²) >= 11 is 1.21. The summed E-state index contributed by atoms with van der Waals surface area (Å²) < 4.78 is 9.60. The predicted molar refractivity (Wildman–Crippen MR) is 173 cm³/mol. The molecule has 2 heterocycles. The summed E-state index contributed by atoms with van der Waals surface area (Å²) in [5.41, 5.74) is 7.61. The minimum atomic E-state index is -1.13. The van der Waals surface area contributed by atoms with Gasteiger partial charge in [0.05, 0.1) is 24.0 Å². The number of amides is 3. The SMILES string of the molecule is CC(=O)OC(C)OC(=O)/N=C(\N)c1ccc(CNC(=O)[C@@H]2CCCN2C(=O)[C@H](NCC(=O)O)C(c2ccccc2)c2ccccc2)s1.